The molecule has 0 radical (unpaired) electrons. The molecule has 4 rings (SSSR count). The lowest BCUT2D eigenvalue weighted by molar-refractivity contribution is 0.0697. The van der Waals surface area contributed by atoms with Gasteiger partial charge in [-0.2, -0.15) is 0 Å². The maximum Gasteiger partial charge on any atom is 0.339 e. The molecule has 33 heavy (non-hydrogen) atoms. The molecule has 6 nitrogen and oxygen atoms in total. The average Bonchev–Trinajstić information content (AvgIpc) is 3.43. The van der Waals surface area contributed by atoms with Gasteiger partial charge in [0.25, 0.3) is 0 Å². The number of benzene rings is 1. The highest BCUT2D eigenvalue weighted by Gasteiger charge is 2.19. The molecule has 0 aliphatic rings. The Kier molecular flexibility index (Phi) is 6.76. The van der Waals surface area contributed by atoms with Gasteiger partial charge in [-0.15, -0.1) is 22.7 Å². The van der Waals surface area contributed by atoms with Crippen LogP contribution in [-0.2, 0) is 6.42 Å². The van der Waals surface area contributed by atoms with E-state index in [4.69, 9.17) is 9.72 Å². The van der Waals surface area contributed by atoms with E-state index in [9.17, 15) is 9.90 Å². The second-order valence-corrected chi connectivity index (χ2v) is 10.2. The van der Waals surface area contributed by atoms with Crippen LogP contribution in [0.5, 0.6) is 5.75 Å². The molecule has 0 spiro atoms. The Morgan fingerprint density at radius 3 is 2.70 bits per heavy atom. The molecule has 0 aliphatic heterocycles. The summed E-state index contributed by atoms with van der Waals surface area (Å²) in [4.78, 5) is 23.3. The lowest BCUT2D eigenvalue weighted by Gasteiger charge is -2.08. The van der Waals surface area contributed by atoms with Crippen molar-refractivity contribution in [1.29, 1.82) is 0 Å². The van der Waals surface area contributed by atoms with Crippen molar-refractivity contribution in [3.63, 3.8) is 0 Å². The Morgan fingerprint density at radius 2 is 2.03 bits per heavy atom. The van der Waals surface area contributed by atoms with E-state index in [1.54, 1.807) is 30.7 Å². The Balaban J connectivity index is 1.73. The monoisotopic (exact) mass is 479 g/mol. The zero-order valence-corrected chi connectivity index (χ0v) is 20.5. The number of methoxy groups -OCH3 is 1. The number of hydrogen-bond acceptors (Lipinski definition) is 7. The van der Waals surface area contributed by atoms with Crippen molar-refractivity contribution in [2.45, 2.75) is 27.2 Å². The second kappa shape index (κ2) is 9.72. The minimum atomic E-state index is -1.04. The number of carbonyl (C=O) groups is 1. The van der Waals surface area contributed by atoms with Gasteiger partial charge in [0.1, 0.15) is 17.1 Å². The van der Waals surface area contributed by atoms with Crippen LogP contribution in [-0.4, -0.2) is 28.2 Å². The standard InChI is InChI=1S/C25H25N3O3S2/c1-14(2)8-21-22(16-9-15(3)10-18(11-16)31-4)27-25(33-21)28-23-19(24(29)30)12-17(13-26-23)20-6-5-7-32-20/h5-7,9-14H,8H2,1-4H3,(H,29,30)(H,26,27,28). The highest BCUT2D eigenvalue weighted by Crippen LogP contribution is 2.37. The zero-order valence-electron chi connectivity index (χ0n) is 18.9. The Morgan fingerprint density at radius 1 is 1.21 bits per heavy atom. The first-order chi connectivity index (χ1) is 15.8. The van der Waals surface area contributed by atoms with Gasteiger partial charge in [0.05, 0.1) is 12.8 Å². The van der Waals surface area contributed by atoms with Gasteiger partial charge in [0, 0.05) is 27.1 Å². The van der Waals surface area contributed by atoms with Crippen LogP contribution in [0.4, 0.5) is 10.9 Å². The number of hydrogen-bond donors (Lipinski definition) is 2. The highest BCUT2D eigenvalue weighted by molar-refractivity contribution is 7.16. The molecule has 0 bridgehead atoms. The number of rotatable bonds is 8. The van der Waals surface area contributed by atoms with Gasteiger partial charge in [-0.05, 0) is 60.5 Å². The molecule has 0 saturated carbocycles. The van der Waals surface area contributed by atoms with Crippen LogP contribution in [0.15, 0.2) is 48.0 Å². The van der Waals surface area contributed by atoms with Crippen molar-refractivity contribution in [2.24, 2.45) is 5.92 Å². The molecular weight excluding hydrogens is 454 g/mol. The summed E-state index contributed by atoms with van der Waals surface area (Å²) >= 11 is 3.07. The van der Waals surface area contributed by atoms with Crippen LogP contribution in [0.25, 0.3) is 21.7 Å². The summed E-state index contributed by atoms with van der Waals surface area (Å²) in [6, 6.07) is 11.6. The summed E-state index contributed by atoms with van der Waals surface area (Å²) in [6.07, 6.45) is 2.55. The molecule has 3 heterocycles. The first-order valence-corrected chi connectivity index (χ1v) is 12.2. The van der Waals surface area contributed by atoms with E-state index in [2.05, 4.69) is 30.2 Å². The van der Waals surface area contributed by atoms with Crippen LogP contribution in [0.3, 0.4) is 0 Å². The molecule has 3 aromatic heterocycles. The molecule has 0 unspecified atom stereocenters. The highest BCUT2D eigenvalue weighted by atomic mass is 32.1. The molecule has 0 fully saturated rings. The number of carboxylic acids is 1. The molecule has 0 atom stereocenters. The number of ether oxygens (including phenoxy) is 1. The van der Waals surface area contributed by atoms with Gasteiger partial charge < -0.3 is 15.2 Å². The molecular formula is C25H25N3O3S2. The molecule has 0 aliphatic carbocycles. The van der Waals surface area contributed by atoms with Gasteiger partial charge >= 0.3 is 5.97 Å². The maximum absolute atomic E-state index is 12.0. The lowest BCUT2D eigenvalue weighted by atomic mass is 10.0. The fourth-order valence-corrected chi connectivity index (χ4v) is 5.45. The average molecular weight is 480 g/mol. The minimum absolute atomic E-state index is 0.111. The van der Waals surface area contributed by atoms with Crippen LogP contribution in [0.1, 0.15) is 34.6 Å². The van der Waals surface area contributed by atoms with E-state index < -0.39 is 5.97 Å². The van der Waals surface area contributed by atoms with E-state index in [0.29, 0.717) is 11.0 Å². The minimum Gasteiger partial charge on any atom is -0.497 e. The third-order valence-electron chi connectivity index (χ3n) is 5.00. The largest absolute Gasteiger partial charge is 0.497 e. The molecule has 1 aromatic carbocycles. The van der Waals surface area contributed by atoms with Crippen molar-refractivity contribution < 1.29 is 14.6 Å². The first-order valence-electron chi connectivity index (χ1n) is 10.5. The summed E-state index contributed by atoms with van der Waals surface area (Å²) in [6.45, 7) is 6.36. The second-order valence-electron chi connectivity index (χ2n) is 8.16. The predicted octanol–water partition coefficient (Wildman–Crippen LogP) is 6.89. The van der Waals surface area contributed by atoms with E-state index in [0.717, 1.165) is 44.3 Å². The number of aromatic carboxylic acids is 1. The van der Waals surface area contributed by atoms with Gasteiger partial charge in [-0.25, -0.2) is 14.8 Å². The predicted molar refractivity (Wildman–Crippen MR) is 135 cm³/mol. The number of thiophene rings is 1. The van der Waals surface area contributed by atoms with E-state index in [1.165, 1.54) is 11.3 Å². The third-order valence-corrected chi connectivity index (χ3v) is 6.91. The van der Waals surface area contributed by atoms with Crippen molar-refractivity contribution in [2.75, 3.05) is 12.4 Å². The molecule has 0 amide bonds. The maximum atomic E-state index is 12.0. The number of thiazole rings is 1. The van der Waals surface area contributed by atoms with Gasteiger partial charge in [0.2, 0.25) is 0 Å². The third kappa shape index (κ3) is 5.23. The smallest absolute Gasteiger partial charge is 0.339 e. The molecule has 0 saturated heterocycles. The molecule has 170 valence electrons. The van der Waals surface area contributed by atoms with Crippen molar-refractivity contribution in [3.05, 3.63) is 64.0 Å². The summed E-state index contributed by atoms with van der Waals surface area (Å²) in [7, 11) is 1.65. The van der Waals surface area contributed by atoms with Crippen LogP contribution < -0.4 is 10.1 Å². The normalized spacial score (nSPS) is 11.1. The number of pyridine rings is 1. The fourth-order valence-electron chi connectivity index (χ4n) is 3.55. The molecule has 4 aromatic rings. The lowest BCUT2D eigenvalue weighted by Crippen LogP contribution is -2.05. The first kappa shape index (κ1) is 22.9. The number of aromatic nitrogens is 2. The Hall–Kier alpha value is -3.23. The van der Waals surface area contributed by atoms with Gasteiger partial charge in [0.15, 0.2) is 5.13 Å². The zero-order chi connectivity index (χ0) is 23.5. The quantitative estimate of drug-likeness (QED) is 0.286. The fraction of sp³-hybridized carbons (Fsp3) is 0.240. The number of aryl methyl sites for hydroxylation is 1. The van der Waals surface area contributed by atoms with Gasteiger partial charge in [-0.1, -0.05) is 19.9 Å². The number of nitrogens with zero attached hydrogens (tertiary/aromatic N) is 2. The van der Waals surface area contributed by atoms with E-state index >= 15 is 0 Å². The number of nitrogens with one attached hydrogen (secondary N) is 1. The number of anilines is 2. The summed E-state index contributed by atoms with van der Waals surface area (Å²) in [5.41, 5.74) is 3.83. The van der Waals surface area contributed by atoms with E-state index in [-0.39, 0.29) is 11.4 Å². The molecule has 2 N–H and O–H groups in total. The van der Waals surface area contributed by atoms with Crippen LogP contribution >= 0.6 is 22.7 Å². The van der Waals surface area contributed by atoms with Crippen molar-refractivity contribution >= 4 is 39.6 Å². The summed E-state index contributed by atoms with van der Waals surface area (Å²) in [5.74, 6) is 0.468. The van der Waals surface area contributed by atoms with Crippen LogP contribution in [0, 0.1) is 12.8 Å². The van der Waals surface area contributed by atoms with Crippen molar-refractivity contribution in [1.82, 2.24) is 9.97 Å². The number of carboxylic acid groups (broad SMARTS) is 1. The van der Waals surface area contributed by atoms with E-state index in [1.807, 2.05) is 36.6 Å². The summed E-state index contributed by atoms with van der Waals surface area (Å²) < 4.78 is 5.45. The molecule has 8 heteroatoms. The Bertz CT molecular complexity index is 1280. The SMILES string of the molecule is COc1cc(C)cc(-c2nc(Nc3ncc(-c4cccs4)cc3C(=O)O)sc2CC(C)C)c1. The summed E-state index contributed by atoms with van der Waals surface area (Å²) in [5, 5.41) is 15.5. The van der Waals surface area contributed by atoms with Crippen LogP contribution in [0.2, 0.25) is 0 Å². The Labute approximate surface area is 200 Å². The van der Waals surface area contributed by atoms with Crippen molar-refractivity contribution in [3.8, 4) is 27.4 Å². The topological polar surface area (TPSA) is 84.3 Å². The van der Waals surface area contributed by atoms with Gasteiger partial charge in [-0.3, -0.25) is 0 Å².